The van der Waals surface area contributed by atoms with Crippen LogP contribution in [0.3, 0.4) is 0 Å². The van der Waals surface area contributed by atoms with E-state index in [2.05, 4.69) is 0 Å². The summed E-state index contributed by atoms with van der Waals surface area (Å²) < 4.78 is 41.3. The number of rotatable bonds is 2. The molecular formula is C16H11F3N2O2S. The lowest BCUT2D eigenvalue weighted by molar-refractivity contribution is -0.167. The Kier molecular flexibility index (Phi) is 4.00. The van der Waals surface area contributed by atoms with Crippen molar-refractivity contribution < 1.29 is 22.8 Å². The van der Waals surface area contributed by atoms with Crippen LogP contribution in [-0.2, 0) is 4.87 Å². The molecule has 0 aromatic heterocycles. The highest BCUT2D eigenvalue weighted by Gasteiger charge is 2.62. The summed E-state index contributed by atoms with van der Waals surface area (Å²) in [5, 5.41) is 0.975. The summed E-state index contributed by atoms with van der Waals surface area (Å²) in [5.41, 5.74) is -0.00625. The van der Waals surface area contributed by atoms with E-state index in [9.17, 15) is 22.8 Å². The quantitative estimate of drug-likeness (QED) is 0.867. The first-order valence-corrected chi connectivity index (χ1v) is 7.69. The Balaban J connectivity index is 2.04. The fourth-order valence-electron chi connectivity index (χ4n) is 2.39. The number of imide groups is 1. The second-order valence-corrected chi connectivity index (χ2v) is 6.18. The first kappa shape index (κ1) is 16.4. The van der Waals surface area contributed by atoms with Gasteiger partial charge in [0.2, 0.25) is 4.87 Å². The molecule has 4 nitrogen and oxygen atoms in total. The van der Waals surface area contributed by atoms with Crippen molar-refractivity contribution in [3.8, 4) is 0 Å². The first-order valence-electron chi connectivity index (χ1n) is 6.88. The van der Waals surface area contributed by atoms with E-state index in [0.717, 1.165) is 0 Å². The Morgan fingerprint density at radius 3 is 1.96 bits per heavy atom. The minimum atomic E-state index is -4.85. The lowest BCUT2D eigenvalue weighted by Crippen LogP contribution is -2.62. The smallest absolute Gasteiger partial charge is 0.310 e. The van der Waals surface area contributed by atoms with Crippen molar-refractivity contribution in [1.29, 1.82) is 0 Å². The molecule has 1 heterocycles. The molecule has 3 amide bonds. The summed E-state index contributed by atoms with van der Waals surface area (Å²) in [4.78, 5) is 22.6. The Morgan fingerprint density at radius 1 is 0.917 bits per heavy atom. The van der Waals surface area contributed by atoms with Gasteiger partial charge in [-0.15, -0.1) is 0 Å². The van der Waals surface area contributed by atoms with Gasteiger partial charge in [0.25, 0.3) is 5.24 Å². The number of urea groups is 1. The van der Waals surface area contributed by atoms with Crippen LogP contribution in [0.2, 0.25) is 0 Å². The molecule has 2 aromatic carbocycles. The van der Waals surface area contributed by atoms with Crippen molar-refractivity contribution in [3.63, 3.8) is 0 Å². The topological polar surface area (TPSA) is 49.4 Å². The van der Waals surface area contributed by atoms with Crippen LogP contribution >= 0.6 is 11.8 Å². The summed E-state index contributed by atoms with van der Waals surface area (Å²) in [7, 11) is 0. The maximum atomic E-state index is 13.8. The summed E-state index contributed by atoms with van der Waals surface area (Å²) >= 11 is 0.0306. The van der Waals surface area contributed by atoms with E-state index in [1.165, 1.54) is 36.4 Å². The highest BCUT2D eigenvalue weighted by molar-refractivity contribution is 8.14. The number of anilines is 1. The van der Waals surface area contributed by atoms with E-state index in [4.69, 9.17) is 0 Å². The lowest BCUT2D eigenvalue weighted by Gasteiger charge is -2.41. The number of thioether (sulfide) groups is 1. The normalized spacial score (nSPS) is 21.5. The van der Waals surface area contributed by atoms with Crippen LogP contribution in [0, 0.1) is 0 Å². The second kappa shape index (κ2) is 5.86. The van der Waals surface area contributed by atoms with E-state index >= 15 is 0 Å². The fourth-order valence-corrected chi connectivity index (χ4v) is 3.44. The molecular weight excluding hydrogens is 341 g/mol. The number of para-hydroxylation sites is 1. The highest BCUT2D eigenvalue weighted by atomic mass is 32.2. The maximum absolute atomic E-state index is 13.8. The molecule has 0 radical (unpaired) electrons. The maximum Gasteiger partial charge on any atom is 0.426 e. The molecule has 1 unspecified atom stereocenters. The van der Waals surface area contributed by atoms with Gasteiger partial charge in [0.05, 0.1) is 5.69 Å². The summed E-state index contributed by atoms with van der Waals surface area (Å²) in [6, 6.07) is 13.5. The molecule has 24 heavy (non-hydrogen) atoms. The molecule has 3 rings (SSSR count). The number of halogens is 3. The van der Waals surface area contributed by atoms with Crippen molar-refractivity contribution in [3.05, 3.63) is 66.2 Å². The van der Waals surface area contributed by atoms with Gasteiger partial charge in [-0.3, -0.25) is 4.79 Å². The van der Waals surface area contributed by atoms with Crippen LogP contribution in [0.1, 0.15) is 5.56 Å². The molecule has 1 saturated heterocycles. The second-order valence-electron chi connectivity index (χ2n) is 5.01. The molecule has 8 heteroatoms. The fraction of sp³-hybridized carbons (Fsp3) is 0.125. The third-order valence-corrected chi connectivity index (χ3v) is 4.74. The number of benzene rings is 2. The standard InChI is InChI=1S/C16H11F3N2O2S/c17-16(18,19)15(11-7-3-1-4-8-11)20-13(22)21(14(23)24-15)12-9-5-2-6-10-12/h1-10H,(H,20,22). The van der Waals surface area contributed by atoms with Gasteiger partial charge in [0, 0.05) is 0 Å². The number of hydrogen-bond donors (Lipinski definition) is 1. The van der Waals surface area contributed by atoms with Crippen LogP contribution in [0.25, 0.3) is 0 Å². The van der Waals surface area contributed by atoms with Crippen molar-refractivity contribution in [1.82, 2.24) is 5.32 Å². The van der Waals surface area contributed by atoms with E-state index in [0.29, 0.717) is 4.90 Å². The van der Waals surface area contributed by atoms with Crippen LogP contribution in [0.5, 0.6) is 0 Å². The number of amides is 3. The van der Waals surface area contributed by atoms with Crippen LogP contribution < -0.4 is 10.2 Å². The number of alkyl halides is 3. The highest BCUT2D eigenvalue weighted by Crippen LogP contribution is 2.50. The number of nitrogens with zero attached hydrogens (tertiary/aromatic N) is 1. The van der Waals surface area contributed by atoms with Crippen molar-refractivity contribution in [2.24, 2.45) is 0 Å². The van der Waals surface area contributed by atoms with Crippen molar-refractivity contribution in [2.75, 3.05) is 4.90 Å². The van der Waals surface area contributed by atoms with E-state index < -0.39 is 22.3 Å². The summed E-state index contributed by atoms with van der Waals surface area (Å²) in [6.07, 6.45) is -4.85. The molecule has 1 fully saturated rings. The Morgan fingerprint density at radius 2 is 1.46 bits per heavy atom. The summed E-state index contributed by atoms with van der Waals surface area (Å²) in [5.74, 6) is 0. The van der Waals surface area contributed by atoms with Crippen molar-refractivity contribution >= 4 is 28.7 Å². The zero-order chi connectivity index (χ0) is 17.4. The lowest BCUT2D eigenvalue weighted by atomic mass is 10.1. The van der Waals surface area contributed by atoms with Gasteiger partial charge in [0.15, 0.2) is 0 Å². The van der Waals surface area contributed by atoms with Gasteiger partial charge in [-0.05, 0) is 29.5 Å². The predicted octanol–water partition coefficient (Wildman–Crippen LogP) is 4.48. The minimum Gasteiger partial charge on any atom is -0.310 e. The Bertz CT molecular complexity index is 748. The molecule has 0 aliphatic carbocycles. The molecule has 1 N–H and O–H groups in total. The molecule has 1 aliphatic heterocycles. The van der Waals surface area contributed by atoms with E-state index in [-0.39, 0.29) is 23.0 Å². The molecule has 1 atom stereocenters. The Hall–Kier alpha value is -2.48. The Labute approximate surface area is 139 Å². The number of nitrogens with one attached hydrogen (secondary N) is 1. The SMILES string of the molecule is O=C1NC(c2ccccc2)(C(F)(F)F)SC(=O)N1c1ccccc1. The molecule has 1 aliphatic rings. The van der Waals surface area contributed by atoms with Gasteiger partial charge in [-0.25, -0.2) is 9.69 Å². The van der Waals surface area contributed by atoms with Gasteiger partial charge in [0.1, 0.15) is 0 Å². The van der Waals surface area contributed by atoms with Crippen LogP contribution in [0.4, 0.5) is 28.4 Å². The van der Waals surface area contributed by atoms with Gasteiger partial charge < -0.3 is 5.32 Å². The molecule has 124 valence electrons. The molecule has 0 bridgehead atoms. The predicted molar refractivity (Wildman–Crippen MR) is 84.6 cm³/mol. The number of hydrogen-bond acceptors (Lipinski definition) is 3. The third-order valence-electron chi connectivity index (χ3n) is 3.50. The summed E-state index contributed by atoms with van der Waals surface area (Å²) in [6.45, 7) is 0. The first-order chi connectivity index (χ1) is 11.3. The third kappa shape index (κ3) is 2.62. The number of carbonyl (C=O) groups excluding carboxylic acids is 2. The van der Waals surface area contributed by atoms with Crippen LogP contribution in [0.15, 0.2) is 60.7 Å². The monoisotopic (exact) mass is 352 g/mol. The minimum absolute atomic E-state index is 0.0306. The van der Waals surface area contributed by atoms with Gasteiger partial charge >= 0.3 is 12.2 Å². The molecule has 0 spiro atoms. The average molecular weight is 352 g/mol. The largest absolute Gasteiger partial charge is 0.426 e. The number of carbonyl (C=O) groups is 2. The molecule has 0 saturated carbocycles. The van der Waals surface area contributed by atoms with Crippen LogP contribution in [-0.4, -0.2) is 17.4 Å². The van der Waals surface area contributed by atoms with Gasteiger partial charge in [-0.2, -0.15) is 13.2 Å². The van der Waals surface area contributed by atoms with Gasteiger partial charge in [-0.1, -0.05) is 48.5 Å². The van der Waals surface area contributed by atoms with E-state index in [1.54, 1.807) is 24.3 Å². The zero-order valence-electron chi connectivity index (χ0n) is 12.1. The van der Waals surface area contributed by atoms with Crippen molar-refractivity contribution in [2.45, 2.75) is 11.0 Å². The van der Waals surface area contributed by atoms with E-state index in [1.807, 2.05) is 5.32 Å². The average Bonchev–Trinajstić information content (AvgIpc) is 2.55. The molecule has 2 aromatic rings. The zero-order valence-corrected chi connectivity index (χ0v) is 12.9.